The lowest BCUT2D eigenvalue weighted by Gasteiger charge is -2.18. The number of aromatic nitrogens is 3. The van der Waals surface area contributed by atoms with Crippen molar-refractivity contribution in [3.63, 3.8) is 0 Å². The first-order valence-corrected chi connectivity index (χ1v) is 6.25. The van der Waals surface area contributed by atoms with Crippen LogP contribution in [0.15, 0.2) is 24.5 Å². The van der Waals surface area contributed by atoms with Crippen LogP contribution in [0.1, 0.15) is 32.2 Å². The van der Waals surface area contributed by atoms with Gasteiger partial charge in [-0.1, -0.05) is 20.8 Å². The SMILES string of the molecule is CC(C)(C)c1nc(N)cc(-c2cnccc2C(F)(F)F)n1. The smallest absolute Gasteiger partial charge is 0.384 e. The summed E-state index contributed by atoms with van der Waals surface area (Å²) in [5.41, 5.74) is 4.49. The number of anilines is 1. The van der Waals surface area contributed by atoms with Crippen molar-refractivity contribution in [2.75, 3.05) is 5.73 Å². The molecule has 0 aliphatic rings. The van der Waals surface area contributed by atoms with Crippen LogP contribution in [0.3, 0.4) is 0 Å². The van der Waals surface area contributed by atoms with Crippen molar-refractivity contribution in [2.24, 2.45) is 0 Å². The maximum absolute atomic E-state index is 13.1. The molecule has 0 aliphatic carbocycles. The molecule has 0 aliphatic heterocycles. The highest BCUT2D eigenvalue weighted by Crippen LogP contribution is 2.36. The van der Waals surface area contributed by atoms with E-state index < -0.39 is 17.2 Å². The first-order valence-electron chi connectivity index (χ1n) is 6.25. The van der Waals surface area contributed by atoms with Crippen LogP contribution in [0.4, 0.5) is 19.0 Å². The average molecular weight is 296 g/mol. The first kappa shape index (κ1) is 15.2. The topological polar surface area (TPSA) is 64.7 Å². The maximum Gasteiger partial charge on any atom is 0.417 e. The predicted molar refractivity (Wildman–Crippen MR) is 73.4 cm³/mol. The Bertz CT molecular complexity index is 660. The highest BCUT2D eigenvalue weighted by molar-refractivity contribution is 5.65. The first-order chi connectivity index (χ1) is 9.59. The van der Waals surface area contributed by atoms with Gasteiger partial charge in [-0.15, -0.1) is 0 Å². The van der Waals surface area contributed by atoms with E-state index in [4.69, 9.17) is 5.73 Å². The zero-order valence-corrected chi connectivity index (χ0v) is 11.9. The van der Waals surface area contributed by atoms with Crippen molar-refractivity contribution in [1.82, 2.24) is 15.0 Å². The van der Waals surface area contributed by atoms with Crippen molar-refractivity contribution in [3.05, 3.63) is 35.9 Å². The molecule has 21 heavy (non-hydrogen) atoms. The van der Waals surface area contributed by atoms with Crippen LogP contribution in [0.25, 0.3) is 11.3 Å². The molecule has 0 unspecified atom stereocenters. The lowest BCUT2D eigenvalue weighted by atomic mass is 9.95. The minimum absolute atomic E-state index is 0.107. The summed E-state index contributed by atoms with van der Waals surface area (Å²) < 4.78 is 39.2. The summed E-state index contributed by atoms with van der Waals surface area (Å²) in [5.74, 6) is 0.511. The largest absolute Gasteiger partial charge is 0.417 e. The van der Waals surface area contributed by atoms with Gasteiger partial charge in [-0.25, -0.2) is 9.97 Å². The second-order valence-electron chi connectivity index (χ2n) is 5.67. The number of nitrogens with two attached hydrogens (primary N) is 1. The monoisotopic (exact) mass is 296 g/mol. The lowest BCUT2D eigenvalue weighted by molar-refractivity contribution is -0.137. The van der Waals surface area contributed by atoms with E-state index in [2.05, 4.69) is 15.0 Å². The number of rotatable bonds is 1. The maximum atomic E-state index is 13.1. The van der Waals surface area contributed by atoms with Crippen LogP contribution in [-0.2, 0) is 11.6 Å². The minimum atomic E-state index is -4.49. The second-order valence-corrected chi connectivity index (χ2v) is 5.67. The van der Waals surface area contributed by atoms with Crippen molar-refractivity contribution in [3.8, 4) is 11.3 Å². The second kappa shape index (κ2) is 4.98. The van der Waals surface area contributed by atoms with E-state index in [-0.39, 0.29) is 17.1 Å². The molecule has 0 radical (unpaired) electrons. The van der Waals surface area contributed by atoms with Gasteiger partial charge in [0.1, 0.15) is 11.6 Å². The predicted octanol–water partition coefficient (Wildman–Crippen LogP) is 3.44. The third kappa shape index (κ3) is 3.29. The van der Waals surface area contributed by atoms with Gasteiger partial charge >= 0.3 is 6.18 Å². The number of hydrogen-bond acceptors (Lipinski definition) is 4. The lowest BCUT2D eigenvalue weighted by Crippen LogP contribution is -2.18. The van der Waals surface area contributed by atoms with Crippen molar-refractivity contribution in [1.29, 1.82) is 0 Å². The molecule has 0 saturated carbocycles. The molecule has 0 fully saturated rings. The van der Waals surface area contributed by atoms with E-state index in [1.54, 1.807) is 0 Å². The molecule has 0 bridgehead atoms. The highest BCUT2D eigenvalue weighted by Gasteiger charge is 2.34. The molecular weight excluding hydrogens is 281 g/mol. The van der Waals surface area contributed by atoms with Crippen LogP contribution in [0.2, 0.25) is 0 Å². The fourth-order valence-corrected chi connectivity index (χ4v) is 1.79. The highest BCUT2D eigenvalue weighted by atomic mass is 19.4. The van der Waals surface area contributed by atoms with Crippen LogP contribution >= 0.6 is 0 Å². The molecule has 2 N–H and O–H groups in total. The number of alkyl halides is 3. The van der Waals surface area contributed by atoms with Gasteiger partial charge in [-0.05, 0) is 6.07 Å². The van der Waals surface area contributed by atoms with Gasteiger partial charge < -0.3 is 5.73 Å². The van der Waals surface area contributed by atoms with Gasteiger partial charge in [-0.2, -0.15) is 13.2 Å². The van der Waals surface area contributed by atoms with Crippen molar-refractivity contribution < 1.29 is 13.2 Å². The van der Waals surface area contributed by atoms with Gasteiger partial charge in [0.2, 0.25) is 0 Å². The minimum Gasteiger partial charge on any atom is -0.384 e. The Balaban J connectivity index is 2.66. The molecule has 112 valence electrons. The van der Waals surface area contributed by atoms with Crippen LogP contribution < -0.4 is 5.73 Å². The molecule has 4 nitrogen and oxygen atoms in total. The Morgan fingerprint density at radius 1 is 1.10 bits per heavy atom. The van der Waals surface area contributed by atoms with Crippen LogP contribution in [0, 0.1) is 0 Å². The molecule has 0 spiro atoms. The number of pyridine rings is 1. The number of nitrogens with zero attached hydrogens (tertiary/aromatic N) is 3. The molecule has 2 heterocycles. The fourth-order valence-electron chi connectivity index (χ4n) is 1.79. The van der Waals surface area contributed by atoms with E-state index >= 15 is 0 Å². The summed E-state index contributed by atoms with van der Waals surface area (Å²) >= 11 is 0. The van der Waals surface area contributed by atoms with Gasteiger partial charge in [0.05, 0.1) is 11.3 Å². The Morgan fingerprint density at radius 2 is 1.76 bits per heavy atom. The standard InChI is InChI=1S/C14H15F3N4/c1-13(2,3)12-20-10(6-11(18)21-12)8-7-19-5-4-9(8)14(15,16)17/h4-7H,1-3H3,(H2,18,20,21). The molecule has 0 aromatic carbocycles. The average Bonchev–Trinajstić information content (AvgIpc) is 2.36. The number of nitrogen functional groups attached to an aromatic ring is 1. The van der Waals surface area contributed by atoms with Crippen LogP contribution in [-0.4, -0.2) is 15.0 Å². The Labute approximate surface area is 120 Å². The zero-order chi connectivity index (χ0) is 15.8. The fraction of sp³-hybridized carbons (Fsp3) is 0.357. The van der Waals surface area contributed by atoms with Crippen molar-refractivity contribution >= 4 is 5.82 Å². The Morgan fingerprint density at radius 3 is 2.33 bits per heavy atom. The van der Waals surface area contributed by atoms with E-state index in [9.17, 15) is 13.2 Å². The zero-order valence-electron chi connectivity index (χ0n) is 11.9. The molecular formula is C14H15F3N4. The summed E-state index contributed by atoms with van der Waals surface area (Å²) in [6.07, 6.45) is -2.25. The van der Waals surface area contributed by atoms with E-state index in [1.807, 2.05) is 20.8 Å². The summed E-state index contributed by atoms with van der Waals surface area (Å²) in [6, 6.07) is 2.24. The summed E-state index contributed by atoms with van der Waals surface area (Å²) in [5, 5.41) is 0. The molecule has 0 saturated heterocycles. The number of hydrogen-bond donors (Lipinski definition) is 1. The number of halogens is 3. The molecule has 2 aromatic heterocycles. The van der Waals surface area contributed by atoms with Gasteiger partial charge in [0.15, 0.2) is 0 Å². The molecule has 0 atom stereocenters. The Hall–Kier alpha value is -2.18. The van der Waals surface area contributed by atoms with Crippen LogP contribution in [0.5, 0.6) is 0 Å². The molecule has 0 amide bonds. The van der Waals surface area contributed by atoms with E-state index in [0.29, 0.717) is 5.82 Å². The van der Waals surface area contributed by atoms with Gasteiger partial charge in [0, 0.05) is 29.4 Å². The third-order valence-corrected chi connectivity index (χ3v) is 2.82. The molecule has 2 aromatic rings. The van der Waals surface area contributed by atoms with Gasteiger partial charge in [0.25, 0.3) is 0 Å². The van der Waals surface area contributed by atoms with E-state index in [1.165, 1.54) is 6.07 Å². The molecule has 2 rings (SSSR count). The van der Waals surface area contributed by atoms with Gasteiger partial charge in [-0.3, -0.25) is 4.98 Å². The quantitative estimate of drug-likeness (QED) is 0.875. The molecule has 7 heteroatoms. The summed E-state index contributed by atoms with van der Waals surface area (Å²) in [6.45, 7) is 5.58. The third-order valence-electron chi connectivity index (χ3n) is 2.82. The summed E-state index contributed by atoms with van der Waals surface area (Å²) in [4.78, 5) is 12.1. The normalized spacial score (nSPS) is 12.5. The Kier molecular flexibility index (Phi) is 3.61. The summed E-state index contributed by atoms with van der Waals surface area (Å²) in [7, 11) is 0. The van der Waals surface area contributed by atoms with E-state index in [0.717, 1.165) is 18.5 Å². The van der Waals surface area contributed by atoms with Crippen molar-refractivity contribution in [2.45, 2.75) is 32.4 Å².